The minimum Gasteiger partial charge on any atom is -0.545 e. The van der Waals surface area contributed by atoms with Gasteiger partial charge in [0.2, 0.25) is 0 Å². The Morgan fingerprint density at radius 3 is 0.588 bits per heavy atom. The second kappa shape index (κ2) is 30.6. The predicted octanol–water partition coefficient (Wildman–Crippen LogP) is -6.41. The molecular weight excluding hydrogens is 670 g/mol. The molecule has 184 valence electrons. The molecule has 0 amide bonds. The number of carboxylic acid groups (broad SMARTS) is 6. The van der Waals surface area contributed by atoms with Gasteiger partial charge in [-0.05, 0) is 36.5 Å². The van der Waals surface area contributed by atoms with Gasteiger partial charge >= 0.3 is 93.5 Å². The normalized spacial score (nSPS) is 9.59. The van der Waals surface area contributed by atoms with E-state index in [1.54, 1.807) is 45.0 Å². The van der Waals surface area contributed by atoms with E-state index in [1.807, 2.05) is 0 Å². The Morgan fingerprint density at radius 2 is 0.559 bits per heavy atom. The van der Waals surface area contributed by atoms with Gasteiger partial charge in [-0.15, -0.1) is 0 Å². The number of carboxylic acids is 6. The molecule has 0 aromatic rings. The van der Waals surface area contributed by atoms with Gasteiger partial charge in [0.1, 0.15) is 0 Å². The summed E-state index contributed by atoms with van der Waals surface area (Å²) in [4.78, 5) is 56.5. The van der Waals surface area contributed by atoms with E-state index < -0.39 is 35.8 Å². The molecule has 0 aliphatic heterocycles. The molecule has 0 atom stereocenters. The van der Waals surface area contributed by atoms with Crippen LogP contribution in [0.5, 0.6) is 0 Å². The Kier molecular flexibility index (Phi) is 37.7. The molecule has 0 rings (SSSR count). The summed E-state index contributed by atoms with van der Waals surface area (Å²) in [6, 6.07) is 0. The Morgan fingerprint density at radius 1 is 0.471 bits per heavy atom. The van der Waals surface area contributed by atoms with Crippen molar-refractivity contribution in [3.8, 4) is 0 Å². The topological polar surface area (TPSA) is 241 Å². The third kappa shape index (κ3) is 87.8. The fraction of sp³-hybridized carbons (Fsp3) is 0.400. The summed E-state index contributed by atoms with van der Waals surface area (Å²) >= 11 is 3.33. The molecule has 0 aromatic heterocycles. The number of carbonyl (C=O) groups excluding carboxylic acids is 6. The van der Waals surface area contributed by atoms with Gasteiger partial charge in [0.15, 0.2) is 0 Å². The molecule has 0 heterocycles. The third-order valence-electron chi connectivity index (χ3n) is 1.88. The summed E-state index contributed by atoms with van der Waals surface area (Å²) in [5.74, 6) is -7.43. The first-order valence-corrected chi connectivity index (χ1v) is 13.1. The van der Waals surface area contributed by atoms with E-state index in [4.69, 9.17) is 0 Å². The molecular formula is C20H24O12Sn2. The summed E-state index contributed by atoms with van der Waals surface area (Å²) in [6.45, 7) is 8.98. The zero-order valence-electron chi connectivity index (χ0n) is 18.9. The van der Waals surface area contributed by atoms with Crippen molar-refractivity contribution in [1.82, 2.24) is 0 Å². The van der Waals surface area contributed by atoms with E-state index in [0.29, 0.717) is 36.5 Å². The number of hydrogen-bond donors (Lipinski definition) is 0. The van der Waals surface area contributed by atoms with E-state index in [1.165, 1.54) is 8.87 Å². The van der Waals surface area contributed by atoms with Crippen LogP contribution in [0.3, 0.4) is 0 Å². The quantitative estimate of drug-likeness (QED) is 0.170. The molecule has 0 aliphatic carbocycles. The van der Waals surface area contributed by atoms with Gasteiger partial charge in [0.25, 0.3) is 0 Å². The van der Waals surface area contributed by atoms with Gasteiger partial charge < -0.3 is 59.4 Å². The van der Waals surface area contributed by atoms with Crippen LogP contribution < -0.4 is 30.6 Å². The van der Waals surface area contributed by atoms with E-state index >= 15 is 0 Å². The van der Waals surface area contributed by atoms with Crippen molar-refractivity contribution in [1.29, 1.82) is 0 Å². The van der Waals surface area contributed by atoms with Crippen molar-refractivity contribution < 1.29 is 59.4 Å². The van der Waals surface area contributed by atoms with Crippen LogP contribution in [0.25, 0.3) is 0 Å². The minimum atomic E-state index is -1.55. The fourth-order valence-corrected chi connectivity index (χ4v) is 0.408. The molecule has 0 saturated heterocycles. The molecule has 0 fully saturated rings. The predicted molar refractivity (Wildman–Crippen MR) is 108 cm³/mol. The van der Waals surface area contributed by atoms with Crippen LogP contribution in [0.1, 0.15) is 27.7 Å². The van der Waals surface area contributed by atoms with E-state index in [2.05, 4.69) is 27.7 Å². The fourth-order valence-electron chi connectivity index (χ4n) is 0.408. The molecule has 0 bridgehead atoms. The second-order valence-corrected chi connectivity index (χ2v) is 8.44. The van der Waals surface area contributed by atoms with Gasteiger partial charge in [-0.25, -0.2) is 0 Å². The molecule has 14 heteroatoms. The number of carbonyl (C=O) groups is 6. The van der Waals surface area contributed by atoms with Crippen LogP contribution in [-0.4, -0.2) is 80.9 Å². The summed E-state index contributed by atoms with van der Waals surface area (Å²) < 4.78 is 2.79. The minimum absolute atomic E-state index is 0.384. The average Bonchev–Trinajstić information content (AvgIpc) is 2.71. The molecule has 0 saturated carbocycles. The Balaban J connectivity index is -0.000000105. The average molecular weight is 694 g/mol. The van der Waals surface area contributed by atoms with Gasteiger partial charge in [-0.2, -0.15) is 0 Å². The number of hydrogen-bond acceptors (Lipinski definition) is 12. The van der Waals surface area contributed by atoms with Crippen LogP contribution in [-0.2, 0) is 28.8 Å². The van der Waals surface area contributed by atoms with E-state index in [-0.39, 0.29) is 0 Å². The Bertz CT molecular complexity index is 559. The Hall–Kier alpha value is -2.36. The van der Waals surface area contributed by atoms with E-state index in [9.17, 15) is 59.4 Å². The van der Waals surface area contributed by atoms with Gasteiger partial charge in [-0.3, -0.25) is 0 Å². The van der Waals surface area contributed by atoms with Crippen LogP contribution in [0.2, 0.25) is 8.87 Å². The first kappa shape index (κ1) is 41.9. The molecule has 12 nitrogen and oxygen atoms in total. The second-order valence-electron chi connectivity index (χ2n) is 6.11. The van der Waals surface area contributed by atoms with Crippen LogP contribution >= 0.6 is 0 Å². The SMILES string of the molecule is CC(C)[CH2][Sn+3].CC(C)[CH2][Sn+3].O=C([O-])C=CC(=O)[O-].O=C([O-])C=CC(=O)[O-].O=C([O-])C=CC(=O)[O-]. The summed E-state index contributed by atoms with van der Waals surface area (Å²) in [5.41, 5.74) is 0. The van der Waals surface area contributed by atoms with Crippen LogP contribution in [0.4, 0.5) is 0 Å². The number of aliphatic carboxylic acids is 6. The Labute approximate surface area is 224 Å². The van der Waals surface area contributed by atoms with Gasteiger partial charge in [-0.1, -0.05) is 0 Å². The van der Waals surface area contributed by atoms with Crippen LogP contribution in [0.15, 0.2) is 36.5 Å². The van der Waals surface area contributed by atoms with Crippen molar-refractivity contribution in [2.24, 2.45) is 11.8 Å². The molecule has 0 radical (unpaired) electrons. The number of rotatable bonds is 8. The van der Waals surface area contributed by atoms with Crippen molar-refractivity contribution in [2.45, 2.75) is 36.6 Å². The van der Waals surface area contributed by atoms with Crippen molar-refractivity contribution in [3.63, 3.8) is 0 Å². The molecule has 0 aliphatic rings. The summed E-state index contributed by atoms with van der Waals surface area (Å²) in [6.07, 6.45) is 2.31. The largest absolute Gasteiger partial charge is 0.545 e. The van der Waals surface area contributed by atoms with Crippen molar-refractivity contribution in [3.05, 3.63) is 36.5 Å². The zero-order chi connectivity index (χ0) is 28.3. The standard InChI is InChI=1S/3C4H4O4.2C4H9.2Sn/c3*5-3(6)1-2-4(7)8;2*1-4(2)3;;/h3*1-2H,(H,5,6)(H,7,8);2*4H,1H2,2-3H3;;/q;;;;;2*+3/p-6. The summed E-state index contributed by atoms with van der Waals surface area (Å²) in [7, 11) is 0. The van der Waals surface area contributed by atoms with Crippen molar-refractivity contribution in [2.75, 3.05) is 0 Å². The first-order valence-electron chi connectivity index (χ1n) is 9.01. The van der Waals surface area contributed by atoms with Crippen LogP contribution in [0, 0.1) is 11.8 Å². The smallest absolute Gasteiger partial charge is 0.0643 e. The van der Waals surface area contributed by atoms with E-state index in [0.717, 1.165) is 11.8 Å². The summed E-state index contributed by atoms with van der Waals surface area (Å²) in [5, 5.41) is 56.5. The molecule has 34 heavy (non-hydrogen) atoms. The zero-order valence-corrected chi connectivity index (χ0v) is 24.6. The maximum absolute atomic E-state index is 9.41. The third-order valence-corrected chi connectivity index (χ3v) is 6.54. The maximum atomic E-state index is 9.41. The molecule has 0 N–H and O–H groups in total. The molecule has 0 aromatic carbocycles. The monoisotopic (exact) mass is 696 g/mol. The maximum Gasteiger partial charge on any atom is 0.0643 e. The van der Waals surface area contributed by atoms with Crippen molar-refractivity contribution >= 4 is 80.9 Å². The first-order chi connectivity index (χ1) is 15.4. The van der Waals surface area contributed by atoms with Gasteiger partial charge in [0.05, 0.1) is 35.8 Å². The van der Waals surface area contributed by atoms with Gasteiger partial charge in [0, 0.05) is 0 Å². The molecule has 0 spiro atoms. The molecule has 0 unspecified atom stereocenters.